The summed E-state index contributed by atoms with van der Waals surface area (Å²) < 4.78 is 10.5. The van der Waals surface area contributed by atoms with Crippen LogP contribution >= 0.6 is 12.6 Å². The van der Waals surface area contributed by atoms with Crippen molar-refractivity contribution < 1.29 is 19.1 Å². The number of ether oxygens (including phenoxy) is 2. The molecule has 0 fully saturated rings. The van der Waals surface area contributed by atoms with E-state index in [0.29, 0.717) is 32.1 Å². The van der Waals surface area contributed by atoms with E-state index in [1.54, 1.807) is 24.3 Å². The van der Waals surface area contributed by atoms with Crippen molar-refractivity contribution in [3.8, 4) is 0 Å². The molecule has 1 aromatic rings. The minimum absolute atomic E-state index is 0.00103. The zero-order valence-corrected chi connectivity index (χ0v) is 16.1. The molecule has 1 aromatic carbocycles. The summed E-state index contributed by atoms with van der Waals surface area (Å²) in [6, 6.07) is 6.56. The van der Waals surface area contributed by atoms with Crippen molar-refractivity contribution in [1.29, 1.82) is 5.41 Å². The fraction of sp³-hybridized carbons (Fsp3) is 0.412. The number of nitrogens with two attached hydrogens (primary N) is 1. The molecule has 0 bridgehead atoms. The standard InChI is InChI=1S/C17H25N5O4S/c1-12(19)20-17(27)22-16(24)13-4-2-3-5-14(13)21-15(23)6-8-25-10-11-26-9-7-18/h2-5H,6-11,18H2,1H3,(H,21,23)(H3,19,20,22,24,27). The molecular weight excluding hydrogens is 370 g/mol. The van der Waals surface area contributed by atoms with Gasteiger partial charge in [-0.3, -0.25) is 15.0 Å². The lowest BCUT2D eigenvalue weighted by Gasteiger charge is -2.11. The average Bonchev–Trinajstić information content (AvgIpc) is 2.60. The third-order valence-corrected chi connectivity index (χ3v) is 3.26. The molecule has 0 aliphatic carbocycles. The van der Waals surface area contributed by atoms with Crippen molar-refractivity contribution in [1.82, 2.24) is 5.32 Å². The molecular formula is C17H25N5O4S. The zero-order valence-electron chi connectivity index (χ0n) is 15.2. The maximum absolute atomic E-state index is 12.3. The van der Waals surface area contributed by atoms with Crippen LogP contribution in [0.3, 0.4) is 0 Å². The molecule has 5 N–H and O–H groups in total. The van der Waals surface area contributed by atoms with Crippen molar-refractivity contribution in [3.63, 3.8) is 0 Å². The molecule has 0 aliphatic rings. The summed E-state index contributed by atoms with van der Waals surface area (Å²) in [5, 5.41) is 12.4. The van der Waals surface area contributed by atoms with Crippen molar-refractivity contribution in [3.05, 3.63) is 29.8 Å². The number of carbonyl (C=O) groups excluding carboxylic acids is 2. The van der Waals surface area contributed by atoms with Gasteiger partial charge in [0.25, 0.3) is 5.91 Å². The van der Waals surface area contributed by atoms with Gasteiger partial charge in [-0.1, -0.05) is 12.1 Å². The van der Waals surface area contributed by atoms with Crippen LogP contribution in [0.1, 0.15) is 23.7 Å². The van der Waals surface area contributed by atoms with Crippen LogP contribution < -0.4 is 16.4 Å². The van der Waals surface area contributed by atoms with Gasteiger partial charge in [-0.2, -0.15) is 0 Å². The smallest absolute Gasteiger partial charge is 0.259 e. The molecule has 0 unspecified atom stereocenters. The highest BCUT2D eigenvalue weighted by molar-refractivity contribution is 7.97. The van der Waals surface area contributed by atoms with Gasteiger partial charge in [-0.05, 0) is 19.1 Å². The van der Waals surface area contributed by atoms with Gasteiger partial charge in [-0.25, -0.2) is 4.99 Å². The number of hydrogen-bond donors (Lipinski definition) is 5. The Labute approximate surface area is 163 Å². The Hall–Kier alpha value is -2.27. The first-order valence-electron chi connectivity index (χ1n) is 8.32. The van der Waals surface area contributed by atoms with Crippen molar-refractivity contribution in [2.75, 3.05) is 38.3 Å². The van der Waals surface area contributed by atoms with Gasteiger partial charge in [0.15, 0.2) is 5.17 Å². The summed E-state index contributed by atoms with van der Waals surface area (Å²) in [6.45, 7) is 3.42. The predicted octanol–water partition coefficient (Wildman–Crippen LogP) is 1.02. The molecule has 0 aliphatic heterocycles. The highest BCUT2D eigenvalue weighted by Crippen LogP contribution is 2.15. The van der Waals surface area contributed by atoms with E-state index in [1.165, 1.54) is 6.92 Å². The molecule has 0 heterocycles. The number of anilines is 1. The Morgan fingerprint density at radius 3 is 2.52 bits per heavy atom. The van der Waals surface area contributed by atoms with E-state index in [9.17, 15) is 9.59 Å². The van der Waals surface area contributed by atoms with E-state index in [4.69, 9.17) is 20.6 Å². The van der Waals surface area contributed by atoms with E-state index in [1.807, 2.05) is 0 Å². The van der Waals surface area contributed by atoms with Crippen LogP contribution in [0.5, 0.6) is 0 Å². The second-order valence-electron chi connectivity index (χ2n) is 5.33. The zero-order chi connectivity index (χ0) is 20.1. The molecule has 0 spiro atoms. The number of rotatable bonds is 10. The average molecular weight is 395 g/mol. The summed E-state index contributed by atoms with van der Waals surface area (Å²) in [4.78, 5) is 28.1. The lowest BCUT2D eigenvalue weighted by molar-refractivity contribution is -0.117. The maximum Gasteiger partial charge on any atom is 0.259 e. The molecule has 10 heteroatoms. The largest absolute Gasteiger partial charge is 0.379 e. The van der Waals surface area contributed by atoms with Crippen molar-refractivity contribution >= 4 is 41.1 Å². The predicted molar refractivity (Wildman–Crippen MR) is 108 cm³/mol. The second-order valence-corrected chi connectivity index (χ2v) is 5.76. The number of nitrogens with one attached hydrogen (secondary N) is 3. The fourth-order valence-corrected chi connectivity index (χ4v) is 2.18. The van der Waals surface area contributed by atoms with E-state index >= 15 is 0 Å². The topological polar surface area (TPSA) is 139 Å². The molecule has 9 nitrogen and oxygen atoms in total. The summed E-state index contributed by atoms with van der Waals surface area (Å²) in [7, 11) is 0. The number of benzene rings is 1. The number of amides is 2. The number of thiol groups is 1. The number of para-hydroxylation sites is 1. The van der Waals surface area contributed by atoms with Crippen LogP contribution in [0.15, 0.2) is 29.3 Å². The van der Waals surface area contributed by atoms with Gasteiger partial charge < -0.3 is 25.8 Å². The molecule has 2 amide bonds. The van der Waals surface area contributed by atoms with Gasteiger partial charge >= 0.3 is 0 Å². The normalized spacial score (nSPS) is 11.1. The van der Waals surface area contributed by atoms with E-state index < -0.39 is 5.91 Å². The molecule has 27 heavy (non-hydrogen) atoms. The van der Waals surface area contributed by atoms with Gasteiger partial charge in [-0.15, -0.1) is 12.6 Å². The molecule has 0 atom stereocenters. The Morgan fingerprint density at radius 2 is 1.85 bits per heavy atom. The van der Waals surface area contributed by atoms with Gasteiger partial charge in [0.2, 0.25) is 5.91 Å². The first kappa shape index (κ1) is 22.8. The number of hydrogen-bond acceptors (Lipinski definition) is 6. The third-order valence-electron chi connectivity index (χ3n) is 3.05. The maximum atomic E-state index is 12.3. The molecule has 0 saturated carbocycles. The second kappa shape index (κ2) is 13.0. The monoisotopic (exact) mass is 395 g/mol. The number of nitrogens with zero attached hydrogens (tertiary/aromatic N) is 1. The minimum Gasteiger partial charge on any atom is -0.379 e. The minimum atomic E-state index is -0.491. The Balaban J connectivity index is 2.52. The molecule has 148 valence electrons. The third kappa shape index (κ3) is 9.85. The van der Waals surface area contributed by atoms with Crippen LogP contribution in [0.2, 0.25) is 0 Å². The highest BCUT2D eigenvalue weighted by Gasteiger charge is 2.14. The van der Waals surface area contributed by atoms with Crippen LogP contribution in [0.4, 0.5) is 5.69 Å². The molecule has 0 saturated heterocycles. The lowest BCUT2D eigenvalue weighted by Crippen LogP contribution is -2.28. The van der Waals surface area contributed by atoms with Crippen LogP contribution in [-0.4, -0.2) is 55.8 Å². The fourth-order valence-electron chi connectivity index (χ4n) is 1.93. The summed E-state index contributed by atoms with van der Waals surface area (Å²) in [6.07, 6.45) is 0.138. The number of carbonyl (C=O) groups is 2. The summed E-state index contributed by atoms with van der Waals surface area (Å²) in [5.74, 6) is -0.766. The van der Waals surface area contributed by atoms with E-state index in [2.05, 4.69) is 28.3 Å². The van der Waals surface area contributed by atoms with Crippen molar-refractivity contribution in [2.45, 2.75) is 13.3 Å². The van der Waals surface area contributed by atoms with Gasteiger partial charge in [0.05, 0.1) is 44.1 Å². The molecule has 0 radical (unpaired) electrons. The first-order chi connectivity index (χ1) is 12.9. The van der Waals surface area contributed by atoms with Crippen LogP contribution in [0.25, 0.3) is 0 Å². The first-order valence-corrected chi connectivity index (χ1v) is 8.77. The quantitative estimate of drug-likeness (QED) is 0.174. The number of amidine groups is 2. The van der Waals surface area contributed by atoms with Crippen LogP contribution in [-0.2, 0) is 14.3 Å². The Bertz CT molecular complexity index is 681. The SMILES string of the molecule is CC(=N)/N=C(\S)NC(=O)c1ccccc1NC(=O)CCOCCOCCN. The highest BCUT2D eigenvalue weighted by atomic mass is 32.1. The number of aliphatic imine (C=N–C) groups is 1. The van der Waals surface area contributed by atoms with Gasteiger partial charge in [0, 0.05) is 6.54 Å². The Morgan fingerprint density at radius 1 is 1.19 bits per heavy atom. The molecule has 0 aromatic heterocycles. The van der Waals surface area contributed by atoms with Gasteiger partial charge in [0.1, 0.15) is 5.84 Å². The lowest BCUT2D eigenvalue weighted by atomic mass is 10.1. The van der Waals surface area contributed by atoms with Crippen molar-refractivity contribution in [2.24, 2.45) is 10.7 Å². The van der Waals surface area contributed by atoms with E-state index in [0.717, 1.165) is 0 Å². The Kier molecular flexibility index (Phi) is 10.9. The summed E-state index contributed by atoms with van der Waals surface area (Å²) >= 11 is 4.01. The summed E-state index contributed by atoms with van der Waals surface area (Å²) in [5.41, 5.74) is 5.91. The molecule has 1 rings (SSSR count). The van der Waals surface area contributed by atoms with Crippen LogP contribution in [0, 0.1) is 5.41 Å². The van der Waals surface area contributed by atoms with E-state index in [-0.39, 0.29) is 35.5 Å².